The van der Waals surface area contributed by atoms with Gasteiger partial charge in [0.25, 0.3) is 0 Å². The molecule has 0 atom stereocenters. The van der Waals surface area contributed by atoms with E-state index >= 15 is 0 Å². The summed E-state index contributed by atoms with van der Waals surface area (Å²) in [7, 11) is 1.68. The normalized spacial score (nSPS) is 11.0. The SMILES string of the molecule is CCc1ccc(-c2nc(CSc3nnc(NCCOC)s3)cs2)cc1. The molecular weight excluding hydrogens is 372 g/mol. The maximum atomic E-state index is 5.01. The average Bonchev–Trinajstić information content (AvgIpc) is 3.30. The Morgan fingerprint density at radius 1 is 1.20 bits per heavy atom. The van der Waals surface area contributed by atoms with Gasteiger partial charge in [-0.1, -0.05) is 54.3 Å². The van der Waals surface area contributed by atoms with E-state index in [0.717, 1.165) is 38.9 Å². The first-order valence-electron chi connectivity index (χ1n) is 8.01. The Morgan fingerprint density at radius 3 is 2.80 bits per heavy atom. The monoisotopic (exact) mass is 392 g/mol. The van der Waals surface area contributed by atoms with Gasteiger partial charge in [0, 0.05) is 30.4 Å². The summed E-state index contributed by atoms with van der Waals surface area (Å²) in [5.74, 6) is 0.802. The molecule has 0 aliphatic heterocycles. The predicted octanol–water partition coefficient (Wildman–Crippen LogP) is 4.57. The first kappa shape index (κ1) is 18.3. The number of thiazole rings is 1. The lowest BCUT2D eigenvalue weighted by molar-refractivity contribution is 0.211. The van der Waals surface area contributed by atoms with Crippen molar-refractivity contribution < 1.29 is 4.74 Å². The van der Waals surface area contributed by atoms with Crippen LogP contribution in [0.1, 0.15) is 18.2 Å². The Bertz CT molecular complexity index is 785. The molecule has 8 heteroatoms. The van der Waals surface area contributed by atoms with Crippen molar-refractivity contribution in [2.75, 3.05) is 25.6 Å². The first-order valence-corrected chi connectivity index (χ1v) is 10.7. The van der Waals surface area contributed by atoms with E-state index < -0.39 is 0 Å². The van der Waals surface area contributed by atoms with Gasteiger partial charge in [0.05, 0.1) is 12.3 Å². The highest BCUT2D eigenvalue weighted by atomic mass is 32.2. The highest BCUT2D eigenvalue weighted by molar-refractivity contribution is 8.00. The van der Waals surface area contributed by atoms with Gasteiger partial charge in [-0.2, -0.15) is 0 Å². The number of benzene rings is 1. The summed E-state index contributed by atoms with van der Waals surface area (Å²) in [5, 5.41) is 15.5. The first-order chi connectivity index (χ1) is 12.3. The maximum absolute atomic E-state index is 5.01. The highest BCUT2D eigenvalue weighted by Gasteiger charge is 2.08. The number of nitrogens with zero attached hydrogens (tertiary/aromatic N) is 3. The molecule has 0 fully saturated rings. The van der Waals surface area contributed by atoms with Crippen molar-refractivity contribution >= 4 is 39.6 Å². The van der Waals surface area contributed by atoms with Crippen molar-refractivity contribution in [1.29, 1.82) is 0 Å². The van der Waals surface area contributed by atoms with E-state index in [9.17, 15) is 0 Å². The van der Waals surface area contributed by atoms with E-state index in [-0.39, 0.29) is 0 Å². The number of ether oxygens (including phenoxy) is 1. The molecule has 2 heterocycles. The van der Waals surface area contributed by atoms with E-state index in [1.165, 1.54) is 11.1 Å². The molecule has 132 valence electrons. The Kier molecular flexibility index (Phi) is 6.80. The zero-order valence-electron chi connectivity index (χ0n) is 14.2. The van der Waals surface area contributed by atoms with Crippen LogP contribution in [0.25, 0.3) is 10.6 Å². The Hall–Kier alpha value is -1.48. The zero-order valence-corrected chi connectivity index (χ0v) is 16.6. The Balaban J connectivity index is 1.54. The molecule has 1 aromatic carbocycles. The molecule has 3 rings (SSSR count). The second-order valence-corrected chi connectivity index (χ2v) is 8.33. The summed E-state index contributed by atoms with van der Waals surface area (Å²) >= 11 is 4.91. The molecule has 0 aliphatic carbocycles. The van der Waals surface area contributed by atoms with Crippen LogP contribution in [0.2, 0.25) is 0 Å². The van der Waals surface area contributed by atoms with Crippen molar-refractivity contribution in [1.82, 2.24) is 15.2 Å². The van der Waals surface area contributed by atoms with Gasteiger partial charge >= 0.3 is 0 Å². The van der Waals surface area contributed by atoms with Crippen LogP contribution >= 0.6 is 34.4 Å². The van der Waals surface area contributed by atoms with Gasteiger partial charge in [0.1, 0.15) is 5.01 Å². The van der Waals surface area contributed by atoms with Crippen molar-refractivity contribution in [3.8, 4) is 10.6 Å². The number of aryl methyl sites for hydroxylation is 1. The van der Waals surface area contributed by atoms with Crippen molar-refractivity contribution in [2.24, 2.45) is 0 Å². The third-order valence-corrected chi connectivity index (χ3v) is 6.48. The van der Waals surface area contributed by atoms with Crippen LogP contribution in [0.3, 0.4) is 0 Å². The third kappa shape index (κ3) is 5.24. The molecular formula is C17H20N4OS3. The maximum Gasteiger partial charge on any atom is 0.206 e. The minimum Gasteiger partial charge on any atom is -0.383 e. The van der Waals surface area contributed by atoms with Gasteiger partial charge < -0.3 is 10.1 Å². The molecule has 3 aromatic rings. The molecule has 2 aromatic heterocycles. The van der Waals surface area contributed by atoms with Crippen molar-refractivity contribution in [2.45, 2.75) is 23.4 Å². The lowest BCUT2D eigenvalue weighted by atomic mass is 10.1. The summed E-state index contributed by atoms with van der Waals surface area (Å²) in [6.45, 7) is 3.56. The van der Waals surface area contributed by atoms with Crippen molar-refractivity contribution in [3.05, 3.63) is 40.9 Å². The number of hydrogen-bond acceptors (Lipinski definition) is 8. The lowest BCUT2D eigenvalue weighted by Crippen LogP contribution is -2.06. The molecule has 0 saturated heterocycles. The Labute approximate surface area is 159 Å². The van der Waals surface area contributed by atoms with Gasteiger partial charge in [0.15, 0.2) is 4.34 Å². The zero-order chi connectivity index (χ0) is 17.5. The largest absolute Gasteiger partial charge is 0.383 e. The number of nitrogens with one attached hydrogen (secondary N) is 1. The predicted molar refractivity (Wildman–Crippen MR) is 107 cm³/mol. The van der Waals surface area contributed by atoms with Crippen LogP contribution in [0.5, 0.6) is 0 Å². The molecule has 0 saturated carbocycles. The number of anilines is 1. The minimum absolute atomic E-state index is 0.656. The number of hydrogen-bond donors (Lipinski definition) is 1. The summed E-state index contributed by atoms with van der Waals surface area (Å²) in [4.78, 5) is 4.74. The number of methoxy groups -OCH3 is 1. The fourth-order valence-electron chi connectivity index (χ4n) is 2.12. The number of aromatic nitrogens is 3. The summed E-state index contributed by atoms with van der Waals surface area (Å²) in [6, 6.07) is 8.64. The Morgan fingerprint density at radius 2 is 2.04 bits per heavy atom. The molecule has 5 nitrogen and oxygen atoms in total. The lowest BCUT2D eigenvalue weighted by Gasteiger charge is -1.99. The average molecular weight is 393 g/mol. The summed E-state index contributed by atoms with van der Waals surface area (Å²) in [6.07, 6.45) is 1.06. The van der Waals surface area contributed by atoms with E-state index in [1.807, 2.05) is 0 Å². The molecule has 1 N–H and O–H groups in total. The van der Waals surface area contributed by atoms with E-state index in [0.29, 0.717) is 6.61 Å². The second-order valence-electron chi connectivity index (χ2n) is 5.28. The van der Waals surface area contributed by atoms with Crippen molar-refractivity contribution in [3.63, 3.8) is 0 Å². The van der Waals surface area contributed by atoms with Gasteiger partial charge in [-0.15, -0.1) is 21.5 Å². The van der Waals surface area contributed by atoms with Gasteiger partial charge in [-0.3, -0.25) is 0 Å². The second kappa shape index (κ2) is 9.28. The van der Waals surface area contributed by atoms with Gasteiger partial charge in [0.2, 0.25) is 5.13 Å². The fourth-order valence-corrected chi connectivity index (χ4v) is 4.73. The standard InChI is InChI=1S/C17H20N4OS3/c1-3-12-4-6-13(7-5-12)15-19-14(10-23-15)11-24-17-21-20-16(25-17)18-8-9-22-2/h4-7,10H,3,8-9,11H2,1-2H3,(H,18,20). The minimum atomic E-state index is 0.656. The molecule has 0 bridgehead atoms. The van der Waals surface area contributed by atoms with Crippen LogP contribution in [0.15, 0.2) is 34.0 Å². The van der Waals surface area contributed by atoms with E-state index in [2.05, 4.69) is 52.1 Å². The van der Waals surface area contributed by atoms with E-state index in [4.69, 9.17) is 9.72 Å². The summed E-state index contributed by atoms with van der Waals surface area (Å²) < 4.78 is 5.96. The van der Waals surface area contributed by atoms with Crippen LogP contribution in [0.4, 0.5) is 5.13 Å². The van der Waals surface area contributed by atoms with Crippen LogP contribution in [-0.4, -0.2) is 35.4 Å². The smallest absolute Gasteiger partial charge is 0.206 e. The number of thioether (sulfide) groups is 1. The fraction of sp³-hybridized carbons (Fsp3) is 0.353. The molecule has 25 heavy (non-hydrogen) atoms. The van der Waals surface area contributed by atoms with Gasteiger partial charge in [-0.25, -0.2) is 4.98 Å². The molecule has 0 spiro atoms. The number of rotatable bonds is 9. The highest BCUT2D eigenvalue weighted by Crippen LogP contribution is 2.30. The topological polar surface area (TPSA) is 59.9 Å². The van der Waals surface area contributed by atoms with Gasteiger partial charge in [-0.05, 0) is 12.0 Å². The molecule has 0 radical (unpaired) electrons. The van der Waals surface area contributed by atoms with Crippen LogP contribution < -0.4 is 5.32 Å². The quantitative estimate of drug-likeness (QED) is 0.425. The van der Waals surface area contributed by atoms with Crippen LogP contribution in [-0.2, 0) is 16.9 Å². The molecule has 0 unspecified atom stereocenters. The molecule has 0 amide bonds. The van der Waals surface area contributed by atoms with E-state index in [1.54, 1.807) is 41.5 Å². The summed E-state index contributed by atoms with van der Waals surface area (Å²) in [5.41, 5.74) is 3.61. The molecule has 0 aliphatic rings. The third-order valence-electron chi connectivity index (χ3n) is 3.49. The van der Waals surface area contributed by atoms with Crippen LogP contribution in [0, 0.1) is 0 Å².